The van der Waals surface area contributed by atoms with Crippen molar-refractivity contribution in [3.63, 3.8) is 0 Å². The molecule has 2 heteroatoms. The number of rotatable bonds is 4. The van der Waals surface area contributed by atoms with Crippen LogP contribution in [-0.2, 0) is 6.42 Å². The molecule has 0 fully saturated rings. The van der Waals surface area contributed by atoms with E-state index in [4.69, 9.17) is 0 Å². The minimum absolute atomic E-state index is 0.0820. The third kappa shape index (κ3) is 3.14. The van der Waals surface area contributed by atoms with Gasteiger partial charge in [0.1, 0.15) is 0 Å². The lowest BCUT2D eigenvalue weighted by atomic mass is 10.2. The van der Waals surface area contributed by atoms with Crippen molar-refractivity contribution in [3.8, 4) is 0 Å². The zero-order chi connectivity index (χ0) is 12.1. The lowest BCUT2D eigenvalue weighted by Crippen LogP contribution is -1.88. The molecule has 2 rings (SSSR count). The quantitative estimate of drug-likeness (QED) is 0.580. The van der Waals surface area contributed by atoms with Crippen molar-refractivity contribution >= 4 is 23.2 Å². The first-order valence-corrected chi connectivity index (χ1v) is 6.47. The third-order valence-corrected chi connectivity index (χ3v) is 3.72. The van der Waals surface area contributed by atoms with E-state index in [0.29, 0.717) is 0 Å². The van der Waals surface area contributed by atoms with E-state index in [0.717, 1.165) is 16.9 Å². The van der Waals surface area contributed by atoms with Gasteiger partial charge in [0.2, 0.25) is 0 Å². The Morgan fingerprint density at radius 3 is 2.59 bits per heavy atom. The molecule has 17 heavy (non-hydrogen) atoms. The van der Waals surface area contributed by atoms with Crippen LogP contribution in [0, 0.1) is 0 Å². The first-order valence-electron chi connectivity index (χ1n) is 5.66. The Kier molecular flexibility index (Phi) is 3.89. The van der Waals surface area contributed by atoms with Gasteiger partial charge in [-0.3, -0.25) is 4.79 Å². The molecule has 0 spiro atoms. The molecule has 0 unspecified atom stereocenters. The van der Waals surface area contributed by atoms with Gasteiger partial charge in [0.15, 0.2) is 5.78 Å². The number of ketones is 1. The molecule has 1 aromatic carbocycles. The third-order valence-electron chi connectivity index (χ3n) is 2.48. The minimum atomic E-state index is 0.0820. The summed E-state index contributed by atoms with van der Waals surface area (Å²) in [5.41, 5.74) is 1.05. The number of allylic oxidation sites excluding steroid dienone is 1. The molecule has 0 N–H and O–H groups in total. The van der Waals surface area contributed by atoms with Crippen LogP contribution < -0.4 is 0 Å². The van der Waals surface area contributed by atoms with Crippen molar-refractivity contribution < 1.29 is 4.79 Å². The molecule has 1 nitrogen and oxygen atoms in total. The summed E-state index contributed by atoms with van der Waals surface area (Å²) < 4.78 is 0. The number of carbonyl (C=O) groups excluding carboxylic acids is 1. The Bertz CT molecular complexity index is 523. The van der Waals surface area contributed by atoms with E-state index in [2.05, 4.69) is 6.92 Å². The highest BCUT2D eigenvalue weighted by Crippen LogP contribution is 2.18. The molecular formula is C15H14OS. The van der Waals surface area contributed by atoms with Gasteiger partial charge in [-0.25, -0.2) is 0 Å². The predicted molar refractivity (Wildman–Crippen MR) is 73.5 cm³/mol. The second-order valence-electron chi connectivity index (χ2n) is 3.73. The fourth-order valence-corrected chi connectivity index (χ4v) is 2.39. The van der Waals surface area contributed by atoms with Gasteiger partial charge in [0.05, 0.1) is 4.88 Å². The van der Waals surface area contributed by atoms with Gasteiger partial charge >= 0.3 is 0 Å². The van der Waals surface area contributed by atoms with Crippen LogP contribution >= 0.6 is 11.3 Å². The Balaban J connectivity index is 2.09. The van der Waals surface area contributed by atoms with Crippen LogP contribution in [-0.4, -0.2) is 5.78 Å². The molecular weight excluding hydrogens is 228 g/mol. The summed E-state index contributed by atoms with van der Waals surface area (Å²) in [5, 5.41) is 0. The van der Waals surface area contributed by atoms with Crippen molar-refractivity contribution in [2.75, 3.05) is 0 Å². The van der Waals surface area contributed by atoms with Gasteiger partial charge in [-0.05, 0) is 30.2 Å². The number of hydrogen-bond donors (Lipinski definition) is 0. The average Bonchev–Trinajstić information content (AvgIpc) is 2.86. The lowest BCUT2D eigenvalue weighted by molar-refractivity contribution is 0.105. The molecule has 0 aliphatic carbocycles. The van der Waals surface area contributed by atoms with E-state index in [-0.39, 0.29) is 5.78 Å². The van der Waals surface area contributed by atoms with E-state index in [1.807, 2.05) is 48.5 Å². The molecule has 1 heterocycles. The van der Waals surface area contributed by atoms with E-state index < -0.39 is 0 Å². The molecule has 1 aromatic heterocycles. The zero-order valence-corrected chi connectivity index (χ0v) is 10.5. The summed E-state index contributed by atoms with van der Waals surface area (Å²) >= 11 is 1.58. The molecule has 0 aliphatic heterocycles. The molecule has 0 amide bonds. The van der Waals surface area contributed by atoms with E-state index in [9.17, 15) is 4.79 Å². The number of aryl methyl sites for hydroxylation is 1. The molecule has 0 atom stereocenters. The zero-order valence-electron chi connectivity index (χ0n) is 9.72. The molecule has 0 aliphatic rings. The van der Waals surface area contributed by atoms with E-state index >= 15 is 0 Å². The van der Waals surface area contributed by atoms with Gasteiger partial charge in [-0.15, -0.1) is 11.3 Å². The number of thiophene rings is 1. The number of benzene rings is 1. The smallest absolute Gasteiger partial charge is 0.195 e. The first kappa shape index (κ1) is 11.8. The van der Waals surface area contributed by atoms with Gasteiger partial charge < -0.3 is 0 Å². The lowest BCUT2D eigenvalue weighted by Gasteiger charge is -1.91. The highest BCUT2D eigenvalue weighted by molar-refractivity contribution is 7.14. The molecule has 0 radical (unpaired) electrons. The standard InChI is InChI=1S/C15H14OS/c1-2-13-9-11-15(17-13)14(16)10-8-12-6-4-3-5-7-12/h3-11H,2H2,1H3. The maximum Gasteiger partial charge on any atom is 0.195 e. The average molecular weight is 242 g/mol. The fourth-order valence-electron chi connectivity index (χ4n) is 1.52. The monoisotopic (exact) mass is 242 g/mol. The fraction of sp³-hybridized carbons (Fsp3) is 0.133. The van der Waals surface area contributed by atoms with Crippen LogP contribution in [0.1, 0.15) is 27.0 Å². The summed E-state index contributed by atoms with van der Waals surface area (Å²) in [4.78, 5) is 13.9. The van der Waals surface area contributed by atoms with Crippen molar-refractivity contribution in [1.82, 2.24) is 0 Å². The SMILES string of the molecule is CCc1ccc(C(=O)C=Cc2ccccc2)s1. The molecule has 0 bridgehead atoms. The van der Waals surface area contributed by atoms with Gasteiger partial charge in [0, 0.05) is 4.88 Å². The van der Waals surface area contributed by atoms with Crippen molar-refractivity contribution in [2.24, 2.45) is 0 Å². The molecule has 0 saturated carbocycles. The maximum absolute atomic E-state index is 11.9. The molecule has 0 saturated heterocycles. The summed E-state index contributed by atoms with van der Waals surface area (Å²) in [6.07, 6.45) is 4.48. The summed E-state index contributed by atoms with van der Waals surface area (Å²) in [6.45, 7) is 2.10. The maximum atomic E-state index is 11.9. The minimum Gasteiger partial charge on any atom is -0.288 e. The molecule has 86 valence electrons. The Hall–Kier alpha value is -1.67. The highest BCUT2D eigenvalue weighted by Gasteiger charge is 2.04. The highest BCUT2D eigenvalue weighted by atomic mass is 32.1. The topological polar surface area (TPSA) is 17.1 Å². The van der Waals surface area contributed by atoms with Gasteiger partial charge in [0.25, 0.3) is 0 Å². The summed E-state index contributed by atoms with van der Waals surface area (Å²) in [6, 6.07) is 13.8. The number of hydrogen-bond acceptors (Lipinski definition) is 2. The summed E-state index contributed by atoms with van der Waals surface area (Å²) in [7, 11) is 0. The van der Waals surface area contributed by atoms with Crippen LogP contribution in [0.3, 0.4) is 0 Å². The molecule has 2 aromatic rings. The van der Waals surface area contributed by atoms with Crippen molar-refractivity contribution in [3.05, 3.63) is 63.9 Å². The van der Waals surface area contributed by atoms with Crippen LogP contribution in [0.5, 0.6) is 0 Å². The predicted octanol–water partition coefficient (Wildman–Crippen LogP) is 4.21. The van der Waals surface area contributed by atoms with E-state index in [1.165, 1.54) is 4.88 Å². The number of carbonyl (C=O) groups is 1. The first-order chi connectivity index (χ1) is 8.29. The van der Waals surface area contributed by atoms with Gasteiger partial charge in [-0.1, -0.05) is 43.3 Å². The largest absolute Gasteiger partial charge is 0.288 e. The second kappa shape index (κ2) is 5.60. The van der Waals surface area contributed by atoms with Crippen molar-refractivity contribution in [2.45, 2.75) is 13.3 Å². The van der Waals surface area contributed by atoms with Crippen LogP contribution in [0.4, 0.5) is 0 Å². The Morgan fingerprint density at radius 2 is 1.94 bits per heavy atom. The van der Waals surface area contributed by atoms with Crippen molar-refractivity contribution in [1.29, 1.82) is 0 Å². The van der Waals surface area contributed by atoms with Crippen LogP contribution in [0.15, 0.2) is 48.5 Å². The second-order valence-corrected chi connectivity index (χ2v) is 4.90. The normalized spacial score (nSPS) is 10.9. The summed E-state index contributed by atoms with van der Waals surface area (Å²) in [5.74, 6) is 0.0820. The Morgan fingerprint density at radius 1 is 1.18 bits per heavy atom. The van der Waals surface area contributed by atoms with Gasteiger partial charge in [-0.2, -0.15) is 0 Å². The van der Waals surface area contributed by atoms with Crippen LogP contribution in [0.25, 0.3) is 6.08 Å². The van der Waals surface area contributed by atoms with E-state index in [1.54, 1.807) is 17.4 Å². The Labute approximate surface area is 105 Å². The van der Waals surface area contributed by atoms with Crippen LogP contribution in [0.2, 0.25) is 0 Å².